The van der Waals surface area contributed by atoms with E-state index in [1.165, 1.54) is 5.69 Å². The molecule has 30 heavy (non-hydrogen) atoms. The smallest absolute Gasteiger partial charge is 0.255 e. The maximum atomic E-state index is 10.8. The van der Waals surface area contributed by atoms with Crippen molar-refractivity contribution < 1.29 is 9.53 Å². The highest BCUT2D eigenvalue weighted by atomic mass is 127. The summed E-state index contributed by atoms with van der Waals surface area (Å²) in [7, 11) is 1.75. The summed E-state index contributed by atoms with van der Waals surface area (Å²) >= 11 is 0. The summed E-state index contributed by atoms with van der Waals surface area (Å²) < 4.78 is 5.34. The van der Waals surface area contributed by atoms with Gasteiger partial charge in [0.1, 0.15) is 5.75 Å². The largest absolute Gasteiger partial charge is 0.484 e. The zero-order valence-electron chi connectivity index (χ0n) is 17.6. The summed E-state index contributed by atoms with van der Waals surface area (Å²) in [6.07, 6.45) is 1.000. The summed E-state index contributed by atoms with van der Waals surface area (Å²) in [5, 5.41) is 6.63. The van der Waals surface area contributed by atoms with Crippen LogP contribution in [0, 0.1) is 0 Å². The van der Waals surface area contributed by atoms with Gasteiger partial charge in [-0.1, -0.05) is 30.3 Å². The predicted molar refractivity (Wildman–Crippen MR) is 134 cm³/mol. The molecule has 0 aliphatic rings. The van der Waals surface area contributed by atoms with Gasteiger partial charge in [0.2, 0.25) is 0 Å². The molecule has 0 fully saturated rings. The number of benzene rings is 2. The van der Waals surface area contributed by atoms with Crippen molar-refractivity contribution in [3.63, 3.8) is 0 Å². The molecular formula is C22H32IN5O2. The molecule has 8 heteroatoms. The zero-order valence-corrected chi connectivity index (χ0v) is 20.0. The fraction of sp³-hybridized carbons (Fsp3) is 0.364. The second-order valence-corrected chi connectivity index (χ2v) is 6.52. The van der Waals surface area contributed by atoms with Crippen LogP contribution >= 0.6 is 24.0 Å². The number of nitrogens with two attached hydrogens (primary N) is 1. The quantitative estimate of drug-likeness (QED) is 0.182. The lowest BCUT2D eigenvalue weighted by Crippen LogP contribution is -2.38. The highest BCUT2D eigenvalue weighted by Gasteiger charge is 2.04. The Morgan fingerprint density at radius 2 is 1.90 bits per heavy atom. The molecule has 7 nitrogen and oxygen atoms in total. The van der Waals surface area contributed by atoms with Crippen LogP contribution < -0.4 is 26.0 Å². The highest BCUT2D eigenvalue weighted by Crippen LogP contribution is 2.13. The number of carbonyl (C=O) groups is 1. The number of carbonyl (C=O) groups excluding carboxylic acids is 1. The Balaban J connectivity index is 0.00000450. The number of rotatable bonds is 11. The molecule has 2 aromatic carbocycles. The first-order valence-electron chi connectivity index (χ1n) is 9.87. The maximum absolute atomic E-state index is 10.8. The van der Waals surface area contributed by atoms with Crippen molar-refractivity contribution in [2.45, 2.75) is 19.9 Å². The van der Waals surface area contributed by atoms with E-state index in [1.54, 1.807) is 13.1 Å². The van der Waals surface area contributed by atoms with E-state index in [1.807, 2.05) is 24.3 Å². The van der Waals surface area contributed by atoms with Gasteiger partial charge in [0.25, 0.3) is 5.91 Å². The fourth-order valence-corrected chi connectivity index (χ4v) is 2.89. The van der Waals surface area contributed by atoms with E-state index in [4.69, 9.17) is 10.5 Å². The average Bonchev–Trinajstić information content (AvgIpc) is 2.75. The van der Waals surface area contributed by atoms with Crippen LogP contribution in [-0.4, -0.2) is 45.2 Å². The minimum Gasteiger partial charge on any atom is -0.484 e. The van der Waals surface area contributed by atoms with E-state index in [2.05, 4.69) is 51.7 Å². The third-order valence-corrected chi connectivity index (χ3v) is 4.36. The molecule has 0 bridgehead atoms. The van der Waals surface area contributed by atoms with E-state index in [9.17, 15) is 4.79 Å². The highest BCUT2D eigenvalue weighted by molar-refractivity contribution is 14.0. The summed E-state index contributed by atoms with van der Waals surface area (Å²) in [6.45, 7) is 5.41. The average molecular weight is 525 g/mol. The third-order valence-electron chi connectivity index (χ3n) is 4.36. The van der Waals surface area contributed by atoms with Crippen molar-refractivity contribution in [1.82, 2.24) is 10.6 Å². The van der Waals surface area contributed by atoms with Gasteiger partial charge in [-0.05, 0) is 43.2 Å². The molecule has 0 unspecified atom stereocenters. The summed E-state index contributed by atoms with van der Waals surface area (Å²) in [5.74, 6) is 0.870. The van der Waals surface area contributed by atoms with Crippen LogP contribution in [0.4, 0.5) is 5.69 Å². The van der Waals surface area contributed by atoms with E-state index >= 15 is 0 Å². The Morgan fingerprint density at radius 3 is 2.57 bits per heavy atom. The van der Waals surface area contributed by atoms with Crippen LogP contribution in [0.25, 0.3) is 0 Å². The Labute approximate surface area is 196 Å². The van der Waals surface area contributed by atoms with E-state index in [0.717, 1.165) is 37.6 Å². The van der Waals surface area contributed by atoms with Crippen LogP contribution in [0.2, 0.25) is 0 Å². The Morgan fingerprint density at radius 1 is 1.13 bits per heavy atom. The van der Waals surface area contributed by atoms with Gasteiger partial charge in [-0.25, -0.2) is 0 Å². The first-order valence-corrected chi connectivity index (χ1v) is 9.87. The molecule has 0 aliphatic carbocycles. The predicted octanol–water partition coefficient (Wildman–Crippen LogP) is 2.75. The Hall–Kier alpha value is -2.49. The Bertz CT molecular complexity index is 786. The molecule has 2 aromatic rings. The van der Waals surface area contributed by atoms with Gasteiger partial charge in [0.05, 0.1) is 0 Å². The van der Waals surface area contributed by atoms with Crippen molar-refractivity contribution in [3.05, 3.63) is 60.2 Å². The van der Waals surface area contributed by atoms with E-state index < -0.39 is 5.91 Å². The van der Waals surface area contributed by atoms with Gasteiger partial charge in [-0.15, -0.1) is 24.0 Å². The van der Waals surface area contributed by atoms with E-state index in [0.29, 0.717) is 12.3 Å². The normalized spacial score (nSPS) is 10.7. The van der Waals surface area contributed by atoms with Crippen LogP contribution in [-0.2, 0) is 11.3 Å². The number of para-hydroxylation sites is 1. The lowest BCUT2D eigenvalue weighted by molar-refractivity contribution is -0.119. The second kappa shape index (κ2) is 14.5. The first-order chi connectivity index (χ1) is 14.1. The molecule has 1 amide bonds. The van der Waals surface area contributed by atoms with Crippen molar-refractivity contribution in [1.29, 1.82) is 0 Å². The van der Waals surface area contributed by atoms with Gasteiger partial charge in [0.15, 0.2) is 12.6 Å². The molecule has 0 saturated heterocycles. The number of aliphatic imine (C=N–C) groups is 1. The van der Waals surface area contributed by atoms with Crippen LogP contribution in [0.3, 0.4) is 0 Å². The molecule has 4 N–H and O–H groups in total. The maximum Gasteiger partial charge on any atom is 0.255 e. The molecule has 2 rings (SSSR count). The number of primary amides is 1. The molecule has 0 aliphatic heterocycles. The summed E-state index contributed by atoms with van der Waals surface area (Å²) in [4.78, 5) is 17.5. The number of hydrogen-bond donors (Lipinski definition) is 3. The SMILES string of the molecule is CCN(CCCNC(=NC)NCc1cccc(OCC(N)=O)c1)c1ccccc1.I. The van der Waals surface area contributed by atoms with Crippen molar-refractivity contribution in [2.75, 3.05) is 38.2 Å². The first kappa shape index (κ1) is 25.5. The zero-order chi connectivity index (χ0) is 20.9. The monoisotopic (exact) mass is 525 g/mol. The number of halogens is 1. The van der Waals surface area contributed by atoms with Crippen molar-refractivity contribution >= 4 is 41.5 Å². The van der Waals surface area contributed by atoms with Crippen molar-refractivity contribution in [3.8, 4) is 5.75 Å². The second-order valence-electron chi connectivity index (χ2n) is 6.52. The minimum absolute atomic E-state index is 0. The number of ether oxygens (including phenoxy) is 1. The number of guanidine groups is 1. The van der Waals surface area contributed by atoms with Gasteiger partial charge >= 0.3 is 0 Å². The number of hydrogen-bond acceptors (Lipinski definition) is 4. The fourth-order valence-electron chi connectivity index (χ4n) is 2.89. The Kier molecular flexibility index (Phi) is 12.3. The summed E-state index contributed by atoms with van der Waals surface area (Å²) in [5.41, 5.74) is 7.38. The summed E-state index contributed by atoms with van der Waals surface area (Å²) in [6, 6.07) is 18.0. The lowest BCUT2D eigenvalue weighted by Gasteiger charge is -2.23. The van der Waals surface area contributed by atoms with Crippen LogP contribution in [0.1, 0.15) is 18.9 Å². The molecule has 0 atom stereocenters. The number of anilines is 1. The molecular weight excluding hydrogens is 493 g/mol. The third kappa shape index (κ3) is 9.34. The topological polar surface area (TPSA) is 92.0 Å². The lowest BCUT2D eigenvalue weighted by atomic mass is 10.2. The molecule has 0 radical (unpaired) electrons. The number of nitrogens with one attached hydrogen (secondary N) is 2. The standard InChI is InChI=1S/C22H31N5O2.HI/c1-3-27(19-10-5-4-6-11-19)14-8-13-25-22(24-2)26-16-18-9-7-12-20(15-18)29-17-21(23)28;/h4-7,9-12,15H,3,8,13-14,16-17H2,1-2H3,(H2,23,28)(H2,24,25,26);1H. The van der Waals surface area contributed by atoms with Crippen LogP contribution in [0.5, 0.6) is 5.75 Å². The van der Waals surface area contributed by atoms with Crippen molar-refractivity contribution in [2.24, 2.45) is 10.7 Å². The van der Waals surface area contributed by atoms with Gasteiger partial charge < -0.3 is 26.0 Å². The van der Waals surface area contributed by atoms with Gasteiger partial charge in [0, 0.05) is 38.9 Å². The van der Waals surface area contributed by atoms with Gasteiger partial charge in [-0.3, -0.25) is 9.79 Å². The number of amides is 1. The van der Waals surface area contributed by atoms with E-state index in [-0.39, 0.29) is 30.6 Å². The molecule has 0 heterocycles. The number of nitrogens with zero attached hydrogens (tertiary/aromatic N) is 2. The molecule has 164 valence electrons. The molecule has 0 saturated carbocycles. The van der Waals surface area contributed by atoms with Gasteiger partial charge in [-0.2, -0.15) is 0 Å². The minimum atomic E-state index is -0.493. The van der Waals surface area contributed by atoms with Crippen LogP contribution in [0.15, 0.2) is 59.6 Å². The molecule has 0 spiro atoms. The molecule has 0 aromatic heterocycles.